The SMILES string of the molecule is CC(C)(c1ccc(Oc2ccc(OOCc3cc(O)ccc3C(=O)O)cc2)cc1)c1ccc(Oc2ccc(OC(=O)c3cc(O)ccc3C(=O)O)cc2)cc1. The number of aromatic hydroxyl groups is 2. The van der Waals surface area contributed by atoms with E-state index in [4.69, 9.17) is 24.0 Å². The van der Waals surface area contributed by atoms with Gasteiger partial charge in [0.2, 0.25) is 0 Å². The summed E-state index contributed by atoms with van der Waals surface area (Å²) >= 11 is 0. The molecule has 278 valence electrons. The van der Waals surface area contributed by atoms with Crippen molar-refractivity contribution in [3.63, 3.8) is 0 Å². The van der Waals surface area contributed by atoms with E-state index in [9.17, 15) is 34.8 Å². The van der Waals surface area contributed by atoms with E-state index in [-0.39, 0.29) is 51.5 Å². The van der Waals surface area contributed by atoms with Gasteiger partial charge in [0.25, 0.3) is 0 Å². The third kappa shape index (κ3) is 9.20. The second-order valence-corrected chi connectivity index (χ2v) is 12.7. The number of hydrogen-bond donors (Lipinski definition) is 4. The van der Waals surface area contributed by atoms with Gasteiger partial charge in [-0.25, -0.2) is 14.4 Å². The van der Waals surface area contributed by atoms with Crippen LogP contribution in [0, 0.1) is 0 Å². The van der Waals surface area contributed by atoms with Crippen molar-refractivity contribution in [1.29, 1.82) is 0 Å². The highest BCUT2D eigenvalue weighted by molar-refractivity contribution is 6.03. The lowest BCUT2D eigenvalue weighted by molar-refractivity contribution is -0.217. The quantitative estimate of drug-likeness (QED) is 0.0361. The number of aromatic carboxylic acids is 2. The van der Waals surface area contributed by atoms with Crippen molar-refractivity contribution in [1.82, 2.24) is 0 Å². The van der Waals surface area contributed by atoms with Crippen LogP contribution < -0.4 is 19.1 Å². The lowest BCUT2D eigenvalue weighted by Gasteiger charge is -2.26. The van der Waals surface area contributed by atoms with Gasteiger partial charge in [0.1, 0.15) is 46.9 Å². The maximum absolute atomic E-state index is 12.6. The molecule has 0 unspecified atom stereocenters. The third-order valence-corrected chi connectivity index (χ3v) is 8.62. The maximum Gasteiger partial charge on any atom is 0.344 e. The van der Waals surface area contributed by atoms with E-state index in [0.29, 0.717) is 28.7 Å². The van der Waals surface area contributed by atoms with Crippen LogP contribution in [-0.2, 0) is 16.9 Å². The second kappa shape index (κ2) is 16.1. The van der Waals surface area contributed by atoms with Crippen LogP contribution in [0.15, 0.2) is 133 Å². The molecule has 0 saturated heterocycles. The van der Waals surface area contributed by atoms with Crippen molar-refractivity contribution < 1.29 is 58.8 Å². The van der Waals surface area contributed by atoms with Gasteiger partial charge in [-0.2, -0.15) is 4.89 Å². The number of ether oxygens (including phenoxy) is 3. The number of rotatable bonds is 14. The van der Waals surface area contributed by atoms with Gasteiger partial charge in [-0.1, -0.05) is 38.1 Å². The minimum absolute atomic E-state index is 0.00219. The Hall–Kier alpha value is -7.31. The molecule has 0 spiro atoms. The van der Waals surface area contributed by atoms with Crippen molar-refractivity contribution in [2.45, 2.75) is 25.9 Å². The summed E-state index contributed by atoms with van der Waals surface area (Å²) in [6.07, 6.45) is 0. The first kappa shape index (κ1) is 37.4. The molecule has 0 bridgehead atoms. The predicted octanol–water partition coefficient (Wildman–Crippen LogP) is 9.13. The summed E-state index contributed by atoms with van der Waals surface area (Å²) in [6, 6.07) is 35.6. The van der Waals surface area contributed by atoms with E-state index in [1.807, 2.05) is 48.5 Å². The van der Waals surface area contributed by atoms with Crippen LogP contribution in [0.1, 0.15) is 61.6 Å². The molecule has 6 aromatic carbocycles. The minimum atomic E-state index is -1.32. The van der Waals surface area contributed by atoms with Gasteiger partial charge < -0.3 is 39.5 Å². The smallest absolute Gasteiger partial charge is 0.344 e. The van der Waals surface area contributed by atoms with Gasteiger partial charge >= 0.3 is 17.9 Å². The fraction of sp³-hybridized carbons (Fsp3) is 0.0930. The predicted molar refractivity (Wildman–Crippen MR) is 199 cm³/mol. The summed E-state index contributed by atoms with van der Waals surface area (Å²) in [6.45, 7) is 4.04. The van der Waals surface area contributed by atoms with Crippen LogP contribution in [-0.4, -0.2) is 38.3 Å². The zero-order valence-corrected chi connectivity index (χ0v) is 29.5. The normalized spacial score (nSPS) is 11.0. The third-order valence-electron chi connectivity index (χ3n) is 8.62. The van der Waals surface area contributed by atoms with Gasteiger partial charge in [0.15, 0.2) is 5.75 Å². The van der Waals surface area contributed by atoms with Crippen molar-refractivity contribution >= 4 is 17.9 Å². The molecular weight excluding hydrogens is 708 g/mol. The molecule has 4 N–H and O–H groups in total. The van der Waals surface area contributed by atoms with Crippen LogP contribution in [0.4, 0.5) is 0 Å². The highest BCUT2D eigenvalue weighted by Crippen LogP contribution is 2.35. The number of carbonyl (C=O) groups is 3. The molecule has 0 saturated carbocycles. The standard InChI is InChI=1S/C43H34O12/c1-43(2,27-3-9-31(10-4-27)52-33-13-15-35(16-14-33)54-42(50)39-24-30(45)8-22-38(39)41(48)49)28-5-11-32(12-6-28)53-34-17-19-36(20-18-34)55-51-25-26-23-29(44)7-21-37(26)40(46)47/h3-24,44-45H,25H2,1-2H3,(H,46,47)(H,48,49). The summed E-state index contributed by atoms with van der Waals surface area (Å²) in [7, 11) is 0. The van der Waals surface area contributed by atoms with E-state index in [2.05, 4.69) is 13.8 Å². The number of benzene rings is 6. The summed E-state index contributed by atoms with van der Waals surface area (Å²) < 4.78 is 17.3. The Kier molecular flexibility index (Phi) is 11.0. The lowest BCUT2D eigenvalue weighted by atomic mass is 9.78. The Bertz CT molecular complexity index is 2310. The molecule has 12 heteroatoms. The van der Waals surface area contributed by atoms with Gasteiger partial charge in [0.05, 0.1) is 16.7 Å². The lowest BCUT2D eigenvalue weighted by Crippen LogP contribution is -2.18. The van der Waals surface area contributed by atoms with Crippen LogP contribution in [0.2, 0.25) is 0 Å². The molecule has 0 aliphatic carbocycles. The van der Waals surface area contributed by atoms with Crippen LogP contribution in [0.25, 0.3) is 0 Å². The van der Waals surface area contributed by atoms with E-state index in [1.54, 1.807) is 36.4 Å². The summed E-state index contributed by atoms with van der Waals surface area (Å²) in [5.74, 6) is -0.908. The zero-order valence-electron chi connectivity index (χ0n) is 29.5. The Balaban J connectivity index is 1.01. The molecule has 0 aliphatic rings. The van der Waals surface area contributed by atoms with Crippen molar-refractivity contribution in [2.24, 2.45) is 0 Å². The largest absolute Gasteiger partial charge is 0.508 e. The Morgan fingerprint density at radius 3 is 1.42 bits per heavy atom. The number of carboxylic acid groups (broad SMARTS) is 2. The van der Waals surface area contributed by atoms with E-state index in [1.165, 1.54) is 36.4 Å². The molecule has 0 heterocycles. The van der Waals surface area contributed by atoms with E-state index < -0.39 is 17.9 Å². The number of phenols is 2. The molecule has 0 amide bonds. The fourth-order valence-electron chi connectivity index (χ4n) is 5.58. The highest BCUT2D eigenvalue weighted by Gasteiger charge is 2.24. The second-order valence-electron chi connectivity index (χ2n) is 12.7. The number of hydrogen-bond acceptors (Lipinski definition) is 10. The number of esters is 1. The fourth-order valence-corrected chi connectivity index (χ4v) is 5.58. The van der Waals surface area contributed by atoms with Crippen molar-refractivity contribution in [3.8, 4) is 46.0 Å². The monoisotopic (exact) mass is 742 g/mol. The molecule has 0 aliphatic heterocycles. The molecule has 6 rings (SSSR count). The molecule has 0 aromatic heterocycles. The molecule has 0 atom stereocenters. The van der Waals surface area contributed by atoms with Crippen molar-refractivity contribution in [3.05, 3.63) is 167 Å². The first-order valence-corrected chi connectivity index (χ1v) is 16.8. The molecular formula is C43H34O12. The highest BCUT2D eigenvalue weighted by atomic mass is 17.2. The van der Waals surface area contributed by atoms with Crippen LogP contribution >= 0.6 is 0 Å². The maximum atomic E-state index is 12.6. The van der Waals surface area contributed by atoms with Crippen LogP contribution in [0.5, 0.6) is 46.0 Å². The summed E-state index contributed by atoms with van der Waals surface area (Å²) in [5.41, 5.74) is 1.45. The number of carboxylic acids is 2. The Morgan fingerprint density at radius 2 is 0.927 bits per heavy atom. The number of carbonyl (C=O) groups excluding carboxylic acids is 1. The average Bonchev–Trinajstić information content (AvgIpc) is 3.16. The molecule has 6 aromatic rings. The van der Waals surface area contributed by atoms with E-state index >= 15 is 0 Å². The Labute approximate surface area is 314 Å². The summed E-state index contributed by atoms with van der Waals surface area (Å²) in [5, 5.41) is 38.1. The molecule has 55 heavy (non-hydrogen) atoms. The molecule has 0 fully saturated rings. The minimum Gasteiger partial charge on any atom is -0.508 e. The molecule has 12 nitrogen and oxygen atoms in total. The van der Waals surface area contributed by atoms with Gasteiger partial charge in [-0.3, -0.25) is 0 Å². The first-order valence-electron chi connectivity index (χ1n) is 16.8. The zero-order chi connectivity index (χ0) is 39.1. The topological polar surface area (TPSA) is 178 Å². The van der Waals surface area contributed by atoms with E-state index in [0.717, 1.165) is 23.3 Å². The number of phenolic OH excluding ortho intramolecular Hbond substituents is 2. The van der Waals surface area contributed by atoms with Crippen LogP contribution in [0.3, 0.4) is 0 Å². The van der Waals surface area contributed by atoms with Crippen molar-refractivity contribution in [2.75, 3.05) is 0 Å². The average molecular weight is 743 g/mol. The Morgan fingerprint density at radius 1 is 0.509 bits per heavy atom. The van der Waals surface area contributed by atoms with Gasteiger partial charge in [-0.15, -0.1) is 0 Å². The summed E-state index contributed by atoms with van der Waals surface area (Å²) in [4.78, 5) is 46.0. The van der Waals surface area contributed by atoms with Gasteiger partial charge in [0, 0.05) is 11.0 Å². The first-order chi connectivity index (χ1) is 26.3. The molecule has 0 radical (unpaired) electrons. The van der Waals surface area contributed by atoms with Gasteiger partial charge in [-0.05, 0) is 120 Å².